The first kappa shape index (κ1) is 12.3. The number of hydrogen-bond acceptors (Lipinski definition) is 2. The number of benzene rings is 1. The van der Waals surface area contributed by atoms with Crippen molar-refractivity contribution in [3.63, 3.8) is 0 Å². The molecule has 1 aromatic heterocycles. The normalized spacial score (nSPS) is 10.3. The molecule has 1 heterocycles. The van der Waals surface area contributed by atoms with Crippen LogP contribution in [0.4, 0.5) is 5.69 Å². The number of carbonyl (C=O) groups excluding carboxylic acids is 1. The van der Waals surface area contributed by atoms with Gasteiger partial charge in [0.05, 0.1) is 3.79 Å². The van der Waals surface area contributed by atoms with E-state index in [-0.39, 0.29) is 5.91 Å². The fraction of sp³-hybridized carbons (Fsp3) is 0.154. The maximum Gasteiger partial charge on any atom is 0.223 e. The minimum Gasteiger partial charge on any atom is -0.316 e. The number of amides is 1. The number of thiophene rings is 1. The second kappa shape index (κ2) is 5.02. The third-order valence-corrected chi connectivity index (χ3v) is 4.26. The largest absolute Gasteiger partial charge is 0.316 e. The van der Waals surface area contributed by atoms with Gasteiger partial charge >= 0.3 is 0 Å². The molecule has 0 fully saturated rings. The lowest BCUT2D eigenvalue weighted by molar-refractivity contribution is -0.116. The van der Waals surface area contributed by atoms with E-state index in [0.717, 1.165) is 9.47 Å². The van der Waals surface area contributed by atoms with Crippen molar-refractivity contribution >= 4 is 38.9 Å². The smallest absolute Gasteiger partial charge is 0.223 e. The van der Waals surface area contributed by atoms with Gasteiger partial charge in [-0.15, -0.1) is 11.3 Å². The summed E-state index contributed by atoms with van der Waals surface area (Å²) in [5.74, 6) is 0.0385. The molecule has 0 atom stereocenters. The summed E-state index contributed by atoms with van der Waals surface area (Å²) in [6.45, 7) is 1.56. The number of carbonyl (C=O) groups is 1. The van der Waals surface area contributed by atoms with Crippen LogP contribution in [0.1, 0.15) is 6.92 Å². The Bertz CT molecular complexity index is 533. The molecule has 1 amide bonds. The lowest BCUT2D eigenvalue weighted by Crippen LogP contribution is -2.22. The first-order valence-corrected chi connectivity index (χ1v) is 6.79. The average Bonchev–Trinajstić information content (AvgIpc) is 2.75. The molecule has 0 aliphatic carbocycles. The lowest BCUT2D eigenvalue weighted by Gasteiger charge is -2.14. The highest BCUT2D eigenvalue weighted by Gasteiger charge is 2.06. The molecule has 0 spiro atoms. The van der Waals surface area contributed by atoms with Crippen LogP contribution < -0.4 is 4.90 Å². The van der Waals surface area contributed by atoms with E-state index in [4.69, 9.17) is 0 Å². The van der Waals surface area contributed by atoms with Gasteiger partial charge in [-0.1, -0.05) is 12.1 Å². The highest BCUT2D eigenvalue weighted by atomic mass is 79.9. The monoisotopic (exact) mass is 309 g/mol. The van der Waals surface area contributed by atoms with Crippen LogP contribution in [0.25, 0.3) is 10.4 Å². The molecule has 0 saturated heterocycles. The van der Waals surface area contributed by atoms with Gasteiger partial charge in [-0.05, 0) is 45.8 Å². The molecular weight excluding hydrogens is 298 g/mol. The summed E-state index contributed by atoms with van der Waals surface area (Å²) < 4.78 is 1.12. The van der Waals surface area contributed by atoms with Crippen molar-refractivity contribution in [3.8, 4) is 10.4 Å². The molecule has 0 saturated carbocycles. The van der Waals surface area contributed by atoms with E-state index >= 15 is 0 Å². The first-order chi connectivity index (χ1) is 8.08. The zero-order chi connectivity index (χ0) is 12.4. The van der Waals surface area contributed by atoms with Crippen LogP contribution in [-0.4, -0.2) is 13.0 Å². The predicted molar refractivity (Wildman–Crippen MR) is 76.5 cm³/mol. The quantitative estimate of drug-likeness (QED) is 0.815. The Morgan fingerprint density at radius 3 is 2.29 bits per heavy atom. The standard InChI is InChI=1S/C13H12BrNOS/c1-9(16)15(2)11-5-3-10(4-6-11)12-7-8-13(14)17-12/h3-8H,1-2H3. The van der Waals surface area contributed by atoms with Crippen LogP contribution in [-0.2, 0) is 4.79 Å². The maximum absolute atomic E-state index is 11.2. The van der Waals surface area contributed by atoms with E-state index in [1.807, 2.05) is 30.3 Å². The molecule has 88 valence electrons. The first-order valence-electron chi connectivity index (χ1n) is 5.18. The average molecular weight is 310 g/mol. The predicted octanol–water partition coefficient (Wildman–Crippen LogP) is 4.16. The summed E-state index contributed by atoms with van der Waals surface area (Å²) in [4.78, 5) is 14.1. The van der Waals surface area contributed by atoms with E-state index in [1.54, 1.807) is 30.2 Å². The van der Waals surface area contributed by atoms with Crippen LogP contribution in [0.15, 0.2) is 40.2 Å². The molecule has 0 N–H and O–H groups in total. The maximum atomic E-state index is 11.2. The van der Waals surface area contributed by atoms with Crippen LogP contribution in [0, 0.1) is 0 Å². The highest BCUT2D eigenvalue weighted by Crippen LogP contribution is 2.32. The second-order valence-corrected chi connectivity index (χ2v) is 6.19. The van der Waals surface area contributed by atoms with Gasteiger partial charge in [0.1, 0.15) is 0 Å². The molecule has 0 aliphatic heterocycles. The zero-order valence-electron chi connectivity index (χ0n) is 9.61. The topological polar surface area (TPSA) is 20.3 Å². The number of anilines is 1. The van der Waals surface area contributed by atoms with E-state index in [2.05, 4.69) is 22.0 Å². The molecular formula is C13H12BrNOS. The Balaban J connectivity index is 2.27. The third-order valence-electron chi connectivity index (χ3n) is 2.58. The molecule has 0 unspecified atom stereocenters. The lowest BCUT2D eigenvalue weighted by atomic mass is 10.1. The summed E-state index contributed by atoms with van der Waals surface area (Å²) in [5, 5.41) is 0. The molecule has 17 heavy (non-hydrogen) atoms. The summed E-state index contributed by atoms with van der Waals surface area (Å²) in [5.41, 5.74) is 2.08. The van der Waals surface area contributed by atoms with Crippen molar-refractivity contribution in [2.75, 3.05) is 11.9 Å². The molecule has 1 aromatic carbocycles. The number of halogens is 1. The number of hydrogen-bond donors (Lipinski definition) is 0. The van der Waals surface area contributed by atoms with Gasteiger partial charge in [0.2, 0.25) is 5.91 Å². The highest BCUT2D eigenvalue weighted by molar-refractivity contribution is 9.11. The minimum atomic E-state index is 0.0385. The third kappa shape index (κ3) is 2.76. The molecule has 0 bridgehead atoms. The van der Waals surface area contributed by atoms with E-state index in [9.17, 15) is 4.79 Å². The van der Waals surface area contributed by atoms with Crippen molar-refractivity contribution in [1.29, 1.82) is 0 Å². The van der Waals surface area contributed by atoms with Gasteiger partial charge in [-0.2, -0.15) is 0 Å². The molecule has 0 aliphatic rings. The van der Waals surface area contributed by atoms with Crippen molar-refractivity contribution in [1.82, 2.24) is 0 Å². The van der Waals surface area contributed by atoms with Crippen LogP contribution >= 0.6 is 27.3 Å². The van der Waals surface area contributed by atoms with Crippen molar-refractivity contribution in [2.45, 2.75) is 6.92 Å². The fourth-order valence-electron chi connectivity index (χ4n) is 1.50. The SMILES string of the molecule is CC(=O)N(C)c1ccc(-c2ccc(Br)s2)cc1. The van der Waals surface area contributed by atoms with E-state index in [0.29, 0.717) is 0 Å². The van der Waals surface area contributed by atoms with E-state index in [1.165, 1.54) is 10.4 Å². The summed E-state index contributed by atoms with van der Waals surface area (Å²) in [6.07, 6.45) is 0. The Kier molecular flexibility index (Phi) is 3.64. The molecule has 2 nitrogen and oxygen atoms in total. The van der Waals surface area contributed by atoms with Gasteiger partial charge in [0.15, 0.2) is 0 Å². The summed E-state index contributed by atoms with van der Waals surface area (Å²) in [6, 6.07) is 12.1. The molecule has 2 aromatic rings. The Morgan fingerprint density at radius 2 is 1.82 bits per heavy atom. The molecule has 2 rings (SSSR count). The minimum absolute atomic E-state index is 0.0385. The van der Waals surface area contributed by atoms with Gasteiger partial charge in [0.25, 0.3) is 0 Å². The van der Waals surface area contributed by atoms with Crippen molar-refractivity contribution < 1.29 is 4.79 Å². The summed E-state index contributed by atoms with van der Waals surface area (Å²) in [7, 11) is 1.78. The van der Waals surface area contributed by atoms with Crippen molar-refractivity contribution in [2.24, 2.45) is 0 Å². The van der Waals surface area contributed by atoms with Gasteiger partial charge in [-0.25, -0.2) is 0 Å². The van der Waals surface area contributed by atoms with Gasteiger partial charge < -0.3 is 4.90 Å². The summed E-state index contributed by atoms with van der Waals surface area (Å²) >= 11 is 5.15. The zero-order valence-corrected chi connectivity index (χ0v) is 12.0. The Hall–Kier alpha value is -1.13. The number of rotatable bonds is 2. The van der Waals surface area contributed by atoms with E-state index < -0.39 is 0 Å². The Labute approximate surface area is 113 Å². The molecule has 4 heteroatoms. The van der Waals surface area contributed by atoms with Crippen LogP contribution in [0.5, 0.6) is 0 Å². The van der Waals surface area contributed by atoms with Crippen molar-refractivity contribution in [3.05, 3.63) is 40.2 Å². The van der Waals surface area contributed by atoms with Crippen LogP contribution in [0.3, 0.4) is 0 Å². The second-order valence-electron chi connectivity index (χ2n) is 3.73. The van der Waals surface area contributed by atoms with Crippen LogP contribution in [0.2, 0.25) is 0 Å². The van der Waals surface area contributed by atoms with Gasteiger partial charge in [0, 0.05) is 24.5 Å². The molecule has 0 radical (unpaired) electrons. The number of nitrogens with zero attached hydrogens (tertiary/aromatic N) is 1. The van der Waals surface area contributed by atoms with Gasteiger partial charge in [-0.3, -0.25) is 4.79 Å². The fourth-order valence-corrected chi connectivity index (χ4v) is 2.89. The Morgan fingerprint density at radius 1 is 1.18 bits per heavy atom.